The van der Waals surface area contributed by atoms with Crippen molar-refractivity contribution in [3.63, 3.8) is 0 Å². The predicted octanol–water partition coefficient (Wildman–Crippen LogP) is 3.99. The Bertz CT molecular complexity index is 1130. The molecule has 10 heteroatoms. The highest BCUT2D eigenvalue weighted by molar-refractivity contribution is 7.92. The number of carbonyl (C=O) groups excluding carboxylic acids is 2. The van der Waals surface area contributed by atoms with E-state index < -0.39 is 40.2 Å². The molecule has 1 atom stereocenters. The number of benzene rings is 2. The summed E-state index contributed by atoms with van der Waals surface area (Å²) in [5, 5.41) is 3.06. The highest BCUT2D eigenvalue weighted by Gasteiger charge is 2.32. The first kappa shape index (κ1) is 27.6. The molecule has 0 bridgehead atoms. The maximum Gasteiger partial charge on any atom is 0.244 e. The van der Waals surface area contributed by atoms with E-state index in [9.17, 15) is 26.8 Å². The van der Waals surface area contributed by atoms with E-state index in [1.165, 1.54) is 41.3 Å². The van der Waals surface area contributed by atoms with E-state index in [1.54, 1.807) is 6.92 Å². The summed E-state index contributed by atoms with van der Waals surface area (Å²) in [6.45, 7) is 1.21. The number of anilines is 1. The zero-order valence-electron chi connectivity index (χ0n) is 20.6. The molecular formula is C26H33F2N3O4S. The summed E-state index contributed by atoms with van der Waals surface area (Å²) in [7, 11) is -3.90. The summed E-state index contributed by atoms with van der Waals surface area (Å²) in [4.78, 5) is 28.2. The number of amides is 2. The van der Waals surface area contributed by atoms with Crippen LogP contribution < -0.4 is 9.62 Å². The summed E-state index contributed by atoms with van der Waals surface area (Å²) in [5.41, 5.74) is 0.732. The number of hydrogen-bond donors (Lipinski definition) is 1. The van der Waals surface area contributed by atoms with Crippen LogP contribution in [-0.4, -0.2) is 50.0 Å². The van der Waals surface area contributed by atoms with Gasteiger partial charge in [-0.3, -0.25) is 13.9 Å². The van der Waals surface area contributed by atoms with Crippen LogP contribution in [0.15, 0.2) is 48.5 Å². The monoisotopic (exact) mass is 521 g/mol. The molecule has 0 spiro atoms. The van der Waals surface area contributed by atoms with E-state index in [1.807, 2.05) is 0 Å². The Hall–Kier alpha value is -3.01. The molecule has 0 unspecified atom stereocenters. The van der Waals surface area contributed by atoms with E-state index >= 15 is 0 Å². The van der Waals surface area contributed by atoms with E-state index in [0.29, 0.717) is 12.0 Å². The number of halogens is 2. The molecule has 1 N–H and O–H groups in total. The Kier molecular flexibility index (Phi) is 9.42. The van der Waals surface area contributed by atoms with Gasteiger partial charge < -0.3 is 10.2 Å². The maximum absolute atomic E-state index is 13.6. The topological polar surface area (TPSA) is 86.8 Å². The first-order valence-electron chi connectivity index (χ1n) is 12.2. The number of nitrogens with zero attached hydrogens (tertiary/aromatic N) is 2. The quantitative estimate of drug-likeness (QED) is 0.512. The lowest BCUT2D eigenvalue weighted by molar-refractivity contribution is -0.140. The molecule has 1 saturated carbocycles. The minimum absolute atomic E-state index is 0.00325. The van der Waals surface area contributed by atoms with Gasteiger partial charge in [0.15, 0.2) is 0 Å². The fraction of sp³-hybridized carbons (Fsp3) is 0.462. The van der Waals surface area contributed by atoms with Gasteiger partial charge in [-0.1, -0.05) is 38.3 Å². The zero-order valence-corrected chi connectivity index (χ0v) is 21.4. The summed E-state index contributed by atoms with van der Waals surface area (Å²) in [6, 6.07) is 9.55. The fourth-order valence-electron chi connectivity index (χ4n) is 4.47. The van der Waals surface area contributed by atoms with Crippen molar-refractivity contribution in [1.82, 2.24) is 10.2 Å². The van der Waals surface area contributed by atoms with Crippen molar-refractivity contribution in [2.24, 2.45) is 0 Å². The predicted molar refractivity (Wildman–Crippen MR) is 135 cm³/mol. The van der Waals surface area contributed by atoms with Gasteiger partial charge in [0.1, 0.15) is 24.2 Å². The van der Waals surface area contributed by atoms with E-state index in [4.69, 9.17) is 0 Å². The van der Waals surface area contributed by atoms with Crippen molar-refractivity contribution in [2.45, 2.75) is 64.1 Å². The van der Waals surface area contributed by atoms with E-state index in [0.717, 1.165) is 54.8 Å². The van der Waals surface area contributed by atoms with E-state index in [2.05, 4.69) is 5.32 Å². The van der Waals surface area contributed by atoms with Crippen molar-refractivity contribution in [1.29, 1.82) is 0 Å². The van der Waals surface area contributed by atoms with Gasteiger partial charge >= 0.3 is 0 Å². The Labute approximate surface area is 211 Å². The molecule has 196 valence electrons. The number of hydrogen-bond acceptors (Lipinski definition) is 4. The first-order valence-corrected chi connectivity index (χ1v) is 14.0. The normalized spacial score (nSPS) is 15.2. The average molecular weight is 522 g/mol. The van der Waals surface area contributed by atoms with Crippen molar-refractivity contribution in [3.8, 4) is 0 Å². The van der Waals surface area contributed by atoms with Crippen LogP contribution in [0.4, 0.5) is 14.5 Å². The van der Waals surface area contributed by atoms with Crippen LogP contribution in [0.3, 0.4) is 0 Å². The highest BCUT2D eigenvalue weighted by Crippen LogP contribution is 2.21. The molecule has 2 aromatic carbocycles. The molecule has 3 rings (SSSR count). The van der Waals surface area contributed by atoms with Gasteiger partial charge in [0.05, 0.1) is 11.9 Å². The third kappa shape index (κ3) is 7.49. The minimum atomic E-state index is -3.90. The third-order valence-electron chi connectivity index (χ3n) is 6.40. The lowest BCUT2D eigenvalue weighted by Gasteiger charge is -2.34. The Balaban J connectivity index is 1.89. The summed E-state index contributed by atoms with van der Waals surface area (Å²) in [6.07, 6.45) is 6.20. The van der Waals surface area contributed by atoms with Crippen molar-refractivity contribution in [3.05, 3.63) is 65.7 Å². The van der Waals surface area contributed by atoms with Crippen LogP contribution in [0.1, 0.15) is 51.0 Å². The minimum Gasteiger partial charge on any atom is -0.352 e. The van der Waals surface area contributed by atoms with Crippen LogP contribution in [0.25, 0.3) is 0 Å². The highest BCUT2D eigenvalue weighted by atomic mass is 32.2. The molecule has 0 aromatic heterocycles. The van der Waals surface area contributed by atoms with Gasteiger partial charge in [-0.2, -0.15) is 0 Å². The van der Waals surface area contributed by atoms with Crippen LogP contribution in [-0.2, 0) is 26.2 Å². The average Bonchev–Trinajstić information content (AvgIpc) is 2.84. The second kappa shape index (κ2) is 12.3. The Morgan fingerprint density at radius 3 is 2.06 bits per heavy atom. The fourth-order valence-corrected chi connectivity index (χ4v) is 5.32. The molecule has 1 aliphatic rings. The van der Waals surface area contributed by atoms with Crippen molar-refractivity contribution < 1.29 is 26.8 Å². The molecule has 1 aliphatic carbocycles. The van der Waals surface area contributed by atoms with Gasteiger partial charge in [-0.05, 0) is 61.2 Å². The summed E-state index contributed by atoms with van der Waals surface area (Å²) >= 11 is 0. The summed E-state index contributed by atoms with van der Waals surface area (Å²) in [5.74, 6) is -1.87. The third-order valence-corrected chi connectivity index (χ3v) is 7.54. The van der Waals surface area contributed by atoms with Crippen LogP contribution in [0.2, 0.25) is 0 Å². The molecule has 2 aromatic rings. The van der Waals surface area contributed by atoms with Gasteiger partial charge in [0, 0.05) is 12.6 Å². The van der Waals surface area contributed by atoms with Gasteiger partial charge in [0.25, 0.3) is 0 Å². The van der Waals surface area contributed by atoms with Crippen molar-refractivity contribution >= 4 is 27.5 Å². The number of sulfonamides is 1. The Morgan fingerprint density at radius 2 is 1.53 bits per heavy atom. The zero-order chi connectivity index (χ0) is 26.3. The molecule has 0 aliphatic heterocycles. The molecule has 7 nitrogen and oxygen atoms in total. The molecule has 1 fully saturated rings. The first-order chi connectivity index (χ1) is 17.1. The van der Waals surface area contributed by atoms with Crippen LogP contribution in [0, 0.1) is 11.6 Å². The smallest absolute Gasteiger partial charge is 0.244 e. The molecule has 0 heterocycles. The van der Waals surface area contributed by atoms with Crippen LogP contribution >= 0.6 is 0 Å². The largest absolute Gasteiger partial charge is 0.352 e. The second-order valence-corrected chi connectivity index (χ2v) is 11.1. The number of nitrogens with one attached hydrogen (secondary N) is 1. The lowest BCUT2D eigenvalue weighted by Crippen LogP contribution is -2.53. The Morgan fingerprint density at radius 1 is 0.972 bits per heavy atom. The van der Waals surface area contributed by atoms with Gasteiger partial charge in [0.2, 0.25) is 21.8 Å². The molecule has 2 amide bonds. The summed E-state index contributed by atoms with van der Waals surface area (Å²) < 4.78 is 52.9. The second-order valence-electron chi connectivity index (χ2n) is 9.16. The SMILES string of the molecule is CC[C@H](C(=O)NC1CCCCC1)N(Cc1ccc(F)cc1)C(=O)CN(c1ccc(F)cc1)S(C)(=O)=O. The molecule has 0 radical (unpaired) electrons. The molecule has 0 saturated heterocycles. The number of rotatable bonds is 10. The lowest BCUT2D eigenvalue weighted by atomic mass is 9.95. The van der Waals surface area contributed by atoms with Gasteiger partial charge in [-0.15, -0.1) is 0 Å². The molecular weight excluding hydrogens is 488 g/mol. The number of carbonyl (C=O) groups is 2. The van der Waals surface area contributed by atoms with Gasteiger partial charge in [-0.25, -0.2) is 17.2 Å². The molecule has 36 heavy (non-hydrogen) atoms. The maximum atomic E-state index is 13.6. The van der Waals surface area contributed by atoms with E-state index in [-0.39, 0.29) is 24.2 Å². The van der Waals surface area contributed by atoms with Crippen LogP contribution in [0.5, 0.6) is 0 Å². The van der Waals surface area contributed by atoms with Crippen molar-refractivity contribution in [2.75, 3.05) is 17.1 Å². The standard InChI is InChI=1S/C26H33F2N3O4S/c1-3-24(26(33)29-22-7-5-4-6-8-22)30(17-19-9-11-20(27)12-10-19)25(32)18-31(36(2,34)35)23-15-13-21(28)14-16-23/h9-16,22,24H,3-8,17-18H2,1-2H3,(H,29,33)/t24-/m1/s1.